The minimum atomic E-state index is 0.199. The van der Waals surface area contributed by atoms with Gasteiger partial charge in [-0.05, 0) is 25.1 Å². The van der Waals surface area contributed by atoms with Crippen molar-refractivity contribution >= 4 is 21.7 Å². The molecule has 4 nitrogen and oxygen atoms in total. The van der Waals surface area contributed by atoms with Crippen LogP contribution in [-0.2, 0) is 0 Å². The molecule has 0 radical (unpaired) electrons. The topological polar surface area (TPSA) is 74.9 Å². The standard InChI is InChI=1S/C10H10BrN3O/c1-5-9(13-14-10(5)12)7-4-6(11)2-3-8(7)15/h2-4,15H,1H3,(H3,12,13,14). The van der Waals surface area contributed by atoms with E-state index in [9.17, 15) is 5.11 Å². The van der Waals surface area contributed by atoms with E-state index < -0.39 is 0 Å². The summed E-state index contributed by atoms with van der Waals surface area (Å²) in [5, 5.41) is 16.4. The van der Waals surface area contributed by atoms with Crippen molar-refractivity contribution in [2.75, 3.05) is 5.73 Å². The Balaban J connectivity index is 2.63. The quantitative estimate of drug-likeness (QED) is 0.743. The third kappa shape index (κ3) is 1.70. The molecule has 2 aromatic rings. The van der Waals surface area contributed by atoms with Gasteiger partial charge in [-0.1, -0.05) is 15.9 Å². The molecular formula is C10H10BrN3O. The van der Waals surface area contributed by atoms with E-state index in [1.165, 1.54) is 0 Å². The highest BCUT2D eigenvalue weighted by Crippen LogP contribution is 2.33. The lowest BCUT2D eigenvalue weighted by Crippen LogP contribution is -1.86. The Kier molecular flexibility index (Phi) is 2.40. The van der Waals surface area contributed by atoms with E-state index in [4.69, 9.17) is 5.73 Å². The number of nitrogens with one attached hydrogen (secondary N) is 1. The number of H-pyrrole nitrogens is 1. The number of phenols is 1. The summed E-state index contributed by atoms with van der Waals surface area (Å²) in [5.41, 5.74) is 7.89. The predicted octanol–water partition coefficient (Wildman–Crippen LogP) is 2.44. The predicted molar refractivity (Wildman–Crippen MR) is 62.5 cm³/mol. The van der Waals surface area contributed by atoms with Crippen LogP contribution in [0.4, 0.5) is 5.82 Å². The van der Waals surface area contributed by atoms with Crippen molar-refractivity contribution in [2.24, 2.45) is 0 Å². The summed E-state index contributed by atoms with van der Waals surface area (Å²) in [6.45, 7) is 1.86. The number of anilines is 1. The average molecular weight is 268 g/mol. The number of halogens is 1. The molecule has 5 heteroatoms. The van der Waals surface area contributed by atoms with Crippen LogP contribution in [0.5, 0.6) is 5.75 Å². The number of hydrogen-bond acceptors (Lipinski definition) is 3. The summed E-state index contributed by atoms with van der Waals surface area (Å²) in [5.74, 6) is 0.648. The Morgan fingerprint density at radius 3 is 2.80 bits per heavy atom. The number of rotatable bonds is 1. The van der Waals surface area contributed by atoms with Crippen molar-refractivity contribution in [3.8, 4) is 17.0 Å². The average Bonchev–Trinajstić information content (AvgIpc) is 2.52. The Hall–Kier alpha value is -1.49. The largest absolute Gasteiger partial charge is 0.507 e. The zero-order valence-corrected chi connectivity index (χ0v) is 9.67. The number of aromatic nitrogens is 2. The van der Waals surface area contributed by atoms with Crippen LogP contribution in [0.2, 0.25) is 0 Å². The molecule has 0 unspecified atom stereocenters. The van der Waals surface area contributed by atoms with E-state index in [1.807, 2.05) is 13.0 Å². The number of nitrogens with two attached hydrogens (primary N) is 1. The van der Waals surface area contributed by atoms with Gasteiger partial charge < -0.3 is 10.8 Å². The normalized spacial score (nSPS) is 10.5. The molecule has 0 spiro atoms. The SMILES string of the molecule is Cc1c(N)n[nH]c1-c1cc(Br)ccc1O. The molecule has 78 valence electrons. The van der Waals surface area contributed by atoms with E-state index in [0.29, 0.717) is 11.4 Å². The Labute approximate surface area is 95.3 Å². The molecule has 0 amide bonds. The van der Waals surface area contributed by atoms with Crippen LogP contribution in [0, 0.1) is 6.92 Å². The van der Waals surface area contributed by atoms with Gasteiger partial charge in [0.2, 0.25) is 0 Å². The lowest BCUT2D eigenvalue weighted by molar-refractivity contribution is 0.477. The van der Waals surface area contributed by atoms with Crippen molar-refractivity contribution in [3.05, 3.63) is 28.2 Å². The van der Waals surface area contributed by atoms with Gasteiger partial charge in [-0.2, -0.15) is 5.10 Å². The molecule has 0 aliphatic rings. The van der Waals surface area contributed by atoms with Gasteiger partial charge in [0.05, 0.1) is 5.69 Å². The first-order valence-corrected chi connectivity index (χ1v) is 5.18. The van der Waals surface area contributed by atoms with E-state index in [-0.39, 0.29) is 5.75 Å². The van der Waals surface area contributed by atoms with Gasteiger partial charge in [-0.25, -0.2) is 0 Å². The van der Waals surface area contributed by atoms with Crippen LogP contribution in [0.3, 0.4) is 0 Å². The third-order valence-electron chi connectivity index (χ3n) is 2.28. The first-order chi connectivity index (χ1) is 7.09. The summed E-state index contributed by atoms with van der Waals surface area (Å²) < 4.78 is 0.892. The second-order valence-corrected chi connectivity index (χ2v) is 4.19. The Morgan fingerprint density at radius 2 is 2.20 bits per heavy atom. The van der Waals surface area contributed by atoms with Crippen LogP contribution in [0.25, 0.3) is 11.3 Å². The minimum Gasteiger partial charge on any atom is -0.507 e. The summed E-state index contributed by atoms with van der Waals surface area (Å²) in [7, 11) is 0. The molecule has 0 bridgehead atoms. The minimum absolute atomic E-state index is 0.199. The summed E-state index contributed by atoms with van der Waals surface area (Å²) in [6.07, 6.45) is 0. The fourth-order valence-corrected chi connectivity index (χ4v) is 1.74. The number of nitrogen functional groups attached to an aromatic ring is 1. The number of benzene rings is 1. The molecule has 15 heavy (non-hydrogen) atoms. The molecule has 2 rings (SSSR count). The fraction of sp³-hybridized carbons (Fsp3) is 0.100. The molecule has 1 aromatic carbocycles. The highest BCUT2D eigenvalue weighted by atomic mass is 79.9. The molecule has 0 atom stereocenters. The van der Waals surface area contributed by atoms with E-state index in [0.717, 1.165) is 15.7 Å². The first-order valence-electron chi connectivity index (χ1n) is 4.39. The van der Waals surface area contributed by atoms with Crippen molar-refractivity contribution in [3.63, 3.8) is 0 Å². The van der Waals surface area contributed by atoms with Gasteiger partial charge >= 0.3 is 0 Å². The second-order valence-electron chi connectivity index (χ2n) is 3.27. The van der Waals surface area contributed by atoms with Gasteiger partial charge in [0, 0.05) is 15.6 Å². The maximum atomic E-state index is 9.71. The zero-order valence-electron chi connectivity index (χ0n) is 8.08. The van der Waals surface area contributed by atoms with Crippen LogP contribution >= 0.6 is 15.9 Å². The van der Waals surface area contributed by atoms with Gasteiger partial charge in [-0.15, -0.1) is 0 Å². The lowest BCUT2D eigenvalue weighted by Gasteiger charge is -2.03. The Bertz CT molecular complexity index is 507. The molecule has 4 N–H and O–H groups in total. The number of phenolic OH excluding ortho intramolecular Hbond substituents is 1. The third-order valence-corrected chi connectivity index (χ3v) is 2.77. The number of nitrogens with zero attached hydrogens (tertiary/aromatic N) is 1. The molecule has 0 saturated heterocycles. The molecular weight excluding hydrogens is 258 g/mol. The molecule has 0 aliphatic carbocycles. The van der Waals surface area contributed by atoms with E-state index >= 15 is 0 Å². The molecule has 1 heterocycles. The van der Waals surface area contributed by atoms with Gasteiger partial charge in [0.25, 0.3) is 0 Å². The van der Waals surface area contributed by atoms with E-state index in [2.05, 4.69) is 26.1 Å². The smallest absolute Gasteiger partial charge is 0.148 e. The molecule has 0 saturated carbocycles. The van der Waals surface area contributed by atoms with Gasteiger partial charge in [-0.3, -0.25) is 5.10 Å². The van der Waals surface area contributed by atoms with Crippen molar-refractivity contribution in [1.82, 2.24) is 10.2 Å². The number of aromatic amines is 1. The molecule has 0 aliphatic heterocycles. The highest BCUT2D eigenvalue weighted by molar-refractivity contribution is 9.10. The van der Waals surface area contributed by atoms with Crippen LogP contribution in [0.15, 0.2) is 22.7 Å². The van der Waals surface area contributed by atoms with Crippen LogP contribution < -0.4 is 5.73 Å². The van der Waals surface area contributed by atoms with E-state index in [1.54, 1.807) is 12.1 Å². The first kappa shape index (κ1) is 10.0. The number of aromatic hydroxyl groups is 1. The maximum Gasteiger partial charge on any atom is 0.148 e. The van der Waals surface area contributed by atoms with Crippen molar-refractivity contribution in [1.29, 1.82) is 0 Å². The fourth-order valence-electron chi connectivity index (χ4n) is 1.38. The number of hydrogen-bond donors (Lipinski definition) is 3. The maximum absolute atomic E-state index is 9.71. The Morgan fingerprint density at radius 1 is 1.47 bits per heavy atom. The second kappa shape index (κ2) is 3.58. The summed E-state index contributed by atoms with van der Waals surface area (Å²) in [4.78, 5) is 0. The van der Waals surface area contributed by atoms with Crippen molar-refractivity contribution < 1.29 is 5.11 Å². The summed E-state index contributed by atoms with van der Waals surface area (Å²) in [6, 6.07) is 5.21. The molecule has 1 aromatic heterocycles. The lowest BCUT2D eigenvalue weighted by atomic mass is 10.1. The van der Waals surface area contributed by atoms with Crippen LogP contribution in [-0.4, -0.2) is 15.3 Å². The van der Waals surface area contributed by atoms with Crippen molar-refractivity contribution in [2.45, 2.75) is 6.92 Å². The summed E-state index contributed by atoms with van der Waals surface area (Å²) >= 11 is 3.35. The highest BCUT2D eigenvalue weighted by Gasteiger charge is 2.12. The monoisotopic (exact) mass is 267 g/mol. The van der Waals surface area contributed by atoms with Crippen LogP contribution in [0.1, 0.15) is 5.56 Å². The zero-order chi connectivity index (χ0) is 11.0. The van der Waals surface area contributed by atoms with Gasteiger partial charge in [0.1, 0.15) is 11.6 Å². The van der Waals surface area contributed by atoms with Gasteiger partial charge in [0.15, 0.2) is 0 Å². The molecule has 0 fully saturated rings.